The third kappa shape index (κ3) is 5.48. The summed E-state index contributed by atoms with van der Waals surface area (Å²) in [5.74, 6) is -0.352. The normalized spacial score (nSPS) is 9.89. The van der Waals surface area contributed by atoms with E-state index in [1.54, 1.807) is 0 Å². The van der Waals surface area contributed by atoms with Gasteiger partial charge in [0.05, 0.1) is 13.5 Å². The van der Waals surface area contributed by atoms with Gasteiger partial charge in [0, 0.05) is 13.0 Å². The van der Waals surface area contributed by atoms with Crippen LogP contribution in [-0.2, 0) is 20.7 Å². The summed E-state index contributed by atoms with van der Waals surface area (Å²) in [4.78, 5) is 22.3. The fourth-order valence-corrected chi connectivity index (χ4v) is 1.62. The van der Waals surface area contributed by atoms with Crippen LogP contribution in [0.1, 0.15) is 24.0 Å². The first-order valence-corrected chi connectivity index (χ1v) is 6.01. The van der Waals surface area contributed by atoms with E-state index in [9.17, 15) is 9.59 Å². The number of hydrogen-bond acceptors (Lipinski definition) is 3. The van der Waals surface area contributed by atoms with Crippen molar-refractivity contribution in [1.82, 2.24) is 5.32 Å². The van der Waals surface area contributed by atoms with E-state index >= 15 is 0 Å². The van der Waals surface area contributed by atoms with Gasteiger partial charge in [0.2, 0.25) is 5.91 Å². The van der Waals surface area contributed by atoms with Crippen LogP contribution in [0.5, 0.6) is 0 Å². The maximum Gasteiger partial charge on any atom is 0.307 e. The molecule has 0 aliphatic heterocycles. The first-order valence-electron chi connectivity index (χ1n) is 6.01. The lowest BCUT2D eigenvalue weighted by Gasteiger charge is -2.05. The number of aryl methyl sites for hydroxylation is 2. The third-order valence-corrected chi connectivity index (χ3v) is 2.60. The Morgan fingerprint density at radius 3 is 2.72 bits per heavy atom. The average Bonchev–Trinajstić information content (AvgIpc) is 2.36. The number of rotatable bonds is 6. The molecular formula is C14H19NO3. The monoisotopic (exact) mass is 249 g/mol. The molecule has 0 radical (unpaired) electrons. The van der Waals surface area contributed by atoms with Crippen LogP contribution in [0.25, 0.3) is 0 Å². The van der Waals surface area contributed by atoms with E-state index in [2.05, 4.69) is 16.1 Å². The molecule has 1 amide bonds. The number of amides is 1. The maximum absolute atomic E-state index is 11.5. The molecule has 0 aliphatic rings. The molecule has 0 bridgehead atoms. The summed E-state index contributed by atoms with van der Waals surface area (Å²) >= 11 is 0. The Hall–Kier alpha value is -1.84. The Morgan fingerprint density at radius 1 is 1.28 bits per heavy atom. The van der Waals surface area contributed by atoms with Crippen LogP contribution in [-0.4, -0.2) is 25.5 Å². The SMILES string of the molecule is COC(=O)CCNC(=O)CCc1cccc(C)c1. The van der Waals surface area contributed by atoms with Crippen LogP contribution < -0.4 is 5.32 Å². The molecule has 1 rings (SSSR count). The second kappa shape index (κ2) is 7.48. The van der Waals surface area contributed by atoms with Gasteiger partial charge in [0.15, 0.2) is 0 Å². The molecular weight excluding hydrogens is 230 g/mol. The van der Waals surface area contributed by atoms with E-state index in [0.29, 0.717) is 19.4 Å². The van der Waals surface area contributed by atoms with Crippen LogP contribution in [0, 0.1) is 6.92 Å². The summed E-state index contributed by atoms with van der Waals surface area (Å²) in [7, 11) is 1.34. The standard InChI is InChI=1S/C14H19NO3/c1-11-4-3-5-12(10-11)6-7-13(16)15-9-8-14(17)18-2/h3-5,10H,6-9H2,1-2H3,(H,15,16). The number of nitrogens with one attached hydrogen (secondary N) is 1. The molecule has 0 saturated heterocycles. The molecule has 1 N–H and O–H groups in total. The lowest BCUT2D eigenvalue weighted by Crippen LogP contribution is -2.26. The van der Waals surface area contributed by atoms with Crippen LogP contribution in [0.3, 0.4) is 0 Å². The van der Waals surface area contributed by atoms with Crippen molar-refractivity contribution in [2.45, 2.75) is 26.2 Å². The zero-order chi connectivity index (χ0) is 13.4. The zero-order valence-corrected chi connectivity index (χ0v) is 10.9. The largest absolute Gasteiger partial charge is 0.469 e. The predicted octanol–water partition coefficient (Wildman–Crippen LogP) is 1.61. The molecule has 4 heteroatoms. The summed E-state index contributed by atoms with van der Waals surface area (Å²) in [5, 5.41) is 2.69. The summed E-state index contributed by atoms with van der Waals surface area (Å²) in [6, 6.07) is 8.09. The molecule has 0 aromatic heterocycles. The van der Waals surface area contributed by atoms with Crippen molar-refractivity contribution in [2.24, 2.45) is 0 Å². The van der Waals surface area contributed by atoms with Crippen molar-refractivity contribution in [3.8, 4) is 0 Å². The minimum absolute atomic E-state index is 0.0413. The maximum atomic E-state index is 11.5. The van der Waals surface area contributed by atoms with Crippen LogP contribution in [0.15, 0.2) is 24.3 Å². The second-order valence-corrected chi connectivity index (χ2v) is 4.17. The van der Waals surface area contributed by atoms with Crippen molar-refractivity contribution in [2.75, 3.05) is 13.7 Å². The fraction of sp³-hybridized carbons (Fsp3) is 0.429. The Labute approximate surface area is 107 Å². The van der Waals surface area contributed by atoms with Gasteiger partial charge >= 0.3 is 5.97 Å². The lowest BCUT2D eigenvalue weighted by molar-refractivity contribution is -0.140. The molecule has 1 aromatic rings. The Bertz CT molecular complexity index is 415. The third-order valence-electron chi connectivity index (χ3n) is 2.60. The Morgan fingerprint density at radius 2 is 2.06 bits per heavy atom. The first-order chi connectivity index (χ1) is 8.61. The van der Waals surface area contributed by atoms with Crippen LogP contribution in [0.2, 0.25) is 0 Å². The summed E-state index contributed by atoms with van der Waals surface area (Å²) in [5.41, 5.74) is 2.34. The molecule has 98 valence electrons. The van der Waals surface area contributed by atoms with Crippen LogP contribution >= 0.6 is 0 Å². The number of carbonyl (C=O) groups excluding carboxylic acids is 2. The minimum atomic E-state index is -0.311. The summed E-state index contributed by atoms with van der Waals surface area (Å²) in [6.07, 6.45) is 1.36. The quantitative estimate of drug-likeness (QED) is 0.779. The van der Waals surface area contributed by atoms with E-state index in [4.69, 9.17) is 0 Å². The van der Waals surface area contributed by atoms with Crippen molar-refractivity contribution in [1.29, 1.82) is 0 Å². The minimum Gasteiger partial charge on any atom is -0.469 e. The molecule has 0 spiro atoms. The molecule has 18 heavy (non-hydrogen) atoms. The highest BCUT2D eigenvalue weighted by molar-refractivity contribution is 5.77. The Kier molecular flexibility index (Phi) is 5.91. The van der Waals surface area contributed by atoms with Crippen molar-refractivity contribution >= 4 is 11.9 Å². The van der Waals surface area contributed by atoms with E-state index < -0.39 is 0 Å². The highest BCUT2D eigenvalue weighted by atomic mass is 16.5. The summed E-state index contributed by atoms with van der Waals surface area (Å²) in [6.45, 7) is 2.36. The highest BCUT2D eigenvalue weighted by Crippen LogP contribution is 2.06. The molecule has 0 unspecified atom stereocenters. The van der Waals surface area contributed by atoms with Gasteiger partial charge in [-0.15, -0.1) is 0 Å². The molecule has 0 aliphatic carbocycles. The number of ether oxygens (including phenoxy) is 1. The van der Waals surface area contributed by atoms with Gasteiger partial charge in [-0.25, -0.2) is 0 Å². The number of benzene rings is 1. The highest BCUT2D eigenvalue weighted by Gasteiger charge is 2.04. The molecule has 0 atom stereocenters. The van der Waals surface area contributed by atoms with Gasteiger partial charge in [-0.1, -0.05) is 29.8 Å². The lowest BCUT2D eigenvalue weighted by atomic mass is 10.1. The predicted molar refractivity (Wildman–Crippen MR) is 69.1 cm³/mol. The van der Waals surface area contributed by atoms with Crippen molar-refractivity contribution in [3.63, 3.8) is 0 Å². The van der Waals surface area contributed by atoms with Gasteiger partial charge in [-0.05, 0) is 18.9 Å². The summed E-state index contributed by atoms with van der Waals surface area (Å²) < 4.78 is 4.48. The van der Waals surface area contributed by atoms with Crippen LogP contribution in [0.4, 0.5) is 0 Å². The molecule has 0 heterocycles. The van der Waals surface area contributed by atoms with Gasteiger partial charge < -0.3 is 10.1 Å². The smallest absolute Gasteiger partial charge is 0.307 e. The van der Waals surface area contributed by atoms with E-state index in [-0.39, 0.29) is 18.3 Å². The van der Waals surface area contributed by atoms with E-state index in [0.717, 1.165) is 5.56 Å². The zero-order valence-electron chi connectivity index (χ0n) is 10.9. The first kappa shape index (κ1) is 14.2. The van der Waals surface area contributed by atoms with Gasteiger partial charge in [0.1, 0.15) is 0 Å². The van der Waals surface area contributed by atoms with Gasteiger partial charge in [-0.3, -0.25) is 9.59 Å². The van der Waals surface area contributed by atoms with Gasteiger partial charge in [0.25, 0.3) is 0 Å². The molecule has 1 aromatic carbocycles. The number of methoxy groups -OCH3 is 1. The molecule has 0 fully saturated rings. The van der Waals surface area contributed by atoms with Gasteiger partial charge in [-0.2, -0.15) is 0 Å². The number of esters is 1. The van der Waals surface area contributed by atoms with Crippen molar-refractivity contribution in [3.05, 3.63) is 35.4 Å². The van der Waals surface area contributed by atoms with E-state index in [1.807, 2.05) is 25.1 Å². The number of carbonyl (C=O) groups is 2. The molecule has 0 saturated carbocycles. The number of hydrogen-bond donors (Lipinski definition) is 1. The Balaban J connectivity index is 2.23. The van der Waals surface area contributed by atoms with Crippen molar-refractivity contribution < 1.29 is 14.3 Å². The van der Waals surface area contributed by atoms with E-state index in [1.165, 1.54) is 12.7 Å². The second-order valence-electron chi connectivity index (χ2n) is 4.17. The average molecular weight is 249 g/mol. The molecule has 4 nitrogen and oxygen atoms in total. The topological polar surface area (TPSA) is 55.4 Å². The fourth-order valence-electron chi connectivity index (χ4n) is 1.62.